The van der Waals surface area contributed by atoms with Crippen LogP contribution in [0.1, 0.15) is 26.3 Å². The molecule has 4 heteroatoms. The van der Waals surface area contributed by atoms with E-state index in [1.807, 2.05) is 36.9 Å². The SMILES string of the molecule is CC1OC(C)C(C(=O)N2CCc3c(N)cccc32)C1C. The fourth-order valence-electron chi connectivity index (χ4n) is 3.56. The predicted octanol–water partition coefficient (Wildman–Crippen LogP) is 2.22. The summed E-state index contributed by atoms with van der Waals surface area (Å²) in [6, 6.07) is 5.81. The zero-order valence-electron chi connectivity index (χ0n) is 12.3. The Kier molecular flexibility index (Phi) is 3.21. The van der Waals surface area contributed by atoms with Crippen LogP contribution in [0.4, 0.5) is 11.4 Å². The number of rotatable bonds is 1. The van der Waals surface area contributed by atoms with Gasteiger partial charge in [0.15, 0.2) is 0 Å². The summed E-state index contributed by atoms with van der Waals surface area (Å²) < 4.78 is 5.81. The van der Waals surface area contributed by atoms with Gasteiger partial charge in [-0.1, -0.05) is 13.0 Å². The molecular formula is C16H22N2O2. The number of carbonyl (C=O) groups is 1. The van der Waals surface area contributed by atoms with Gasteiger partial charge >= 0.3 is 0 Å². The molecule has 4 atom stereocenters. The van der Waals surface area contributed by atoms with E-state index in [4.69, 9.17) is 10.5 Å². The lowest BCUT2D eigenvalue weighted by Crippen LogP contribution is -2.40. The molecule has 2 aliphatic heterocycles. The summed E-state index contributed by atoms with van der Waals surface area (Å²) in [5.74, 6) is 0.374. The zero-order chi connectivity index (χ0) is 14.4. The Balaban J connectivity index is 1.89. The first kappa shape index (κ1) is 13.4. The molecule has 1 amide bonds. The van der Waals surface area contributed by atoms with Crippen LogP contribution in [-0.2, 0) is 16.0 Å². The van der Waals surface area contributed by atoms with Gasteiger partial charge in [0.25, 0.3) is 0 Å². The van der Waals surface area contributed by atoms with Crippen LogP contribution in [0, 0.1) is 11.8 Å². The number of hydrogen-bond acceptors (Lipinski definition) is 3. The number of carbonyl (C=O) groups excluding carboxylic acids is 1. The molecule has 0 bridgehead atoms. The number of anilines is 2. The Labute approximate surface area is 119 Å². The van der Waals surface area contributed by atoms with E-state index in [1.54, 1.807) is 0 Å². The fourth-order valence-corrected chi connectivity index (χ4v) is 3.56. The van der Waals surface area contributed by atoms with Crippen molar-refractivity contribution in [3.63, 3.8) is 0 Å². The lowest BCUT2D eigenvalue weighted by molar-refractivity contribution is -0.124. The number of benzene rings is 1. The van der Waals surface area contributed by atoms with Crippen molar-refractivity contribution in [2.45, 2.75) is 39.4 Å². The minimum absolute atomic E-state index is 0.0161. The standard InChI is InChI=1S/C16H22N2O2/c1-9-10(2)20-11(3)15(9)16(19)18-8-7-12-13(17)5-4-6-14(12)18/h4-6,9-11,15H,7-8,17H2,1-3H3. The van der Waals surface area contributed by atoms with E-state index >= 15 is 0 Å². The minimum Gasteiger partial charge on any atom is -0.398 e. The van der Waals surface area contributed by atoms with E-state index in [-0.39, 0.29) is 30.0 Å². The maximum absolute atomic E-state index is 12.9. The van der Waals surface area contributed by atoms with Crippen LogP contribution in [0.25, 0.3) is 0 Å². The number of nitrogens with zero attached hydrogens (tertiary/aromatic N) is 1. The normalized spacial score (nSPS) is 32.5. The smallest absolute Gasteiger partial charge is 0.233 e. The van der Waals surface area contributed by atoms with Crippen LogP contribution in [0.3, 0.4) is 0 Å². The van der Waals surface area contributed by atoms with Gasteiger partial charge in [0.1, 0.15) is 0 Å². The number of nitrogen functional groups attached to an aromatic ring is 1. The molecular weight excluding hydrogens is 252 g/mol. The second kappa shape index (κ2) is 4.77. The Hall–Kier alpha value is -1.55. The number of ether oxygens (including phenoxy) is 1. The minimum atomic E-state index is -0.0580. The molecule has 0 aliphatic carbocycles. The third-order valence-electron chi connectivity index (χ3n) is 4.86. The van der Waals surface area contributed by atoms with Crippen LogP contribution in [0.5, 0.6) is 0 Å². The second-order valence-electron chi connectivity index (χ2n) is 6.02. The number of hydrogen-bond donors (Lipinski definition) is 1. The molecule has 3 rings (SSSR count). The first-order valence-electron chi connectivity index (χ1n) is 7.35. The van der Waals surface area contributed by atoms with Gasteiger partial charge in [0, 0.05) is 23.5 Å². The van der Waals surface area contributed by atoms with Crippen LogP contribution < -0.4 is 10.6 Å². The van der Waals surface area contributed by atoms with Crippen molar-refractivity contribution in [3.05, 3.63) is 23.8 Å². The van der Waals surface area contributed by atoms with E-state index in [0.717, 1.165) is 29.9 Å². The molecule has 1 fully saturated rings. The molecule has 2 N–H and O–H groups in total. The Bertz CT molecular complexity index is 543. The highest BCUT2D eigenvalue weighted by Crippen LogP contribution is 2.38. The molecule has 2 heterocycles. The summed E-state index contributed by atoms with van der Waals surface area (Å²) >= 11 is 0. The molecule has 4 nitrogen and oxygen atoms in total. The highest BCUT2D eigenvalue weighted by molar-refractivity contribution is 5.98. The van der Waals surface area contributed by atoms with Crippen LogP contribution in [0.15, 0.2) is 18.2 Å². The summed E-state index contributed by atoms with van der Waals surface area (Å²) in [5, 5.41) is 0. The van der Waals surface area contributed by atoms with Crippen LogP contribution in [0.2, 0.25) is 0 Å². The van der Waals surface area contributed by atoms with E-state index in [1.165, 1.54) is 0 Å². The molecule has 1 aromatic rings. The quantitative estimate of drug-likeness (QED) is 0.799. The van der Waals surface area contributed by atoms with Crippen molar-refractivity contribution < 1.29 is 9.53 Å². The molecule has 0 saturated carbocycles. The van der Waals surface area contributed by atoms with Gasteiger partial charge in [0.05, 0.1) is 18.1 Å². The Morgan fingerprint density at radius 1 is 1.30 bits per heavy atom. The second-order valence-corrected chi connectivity index (χ2v) is 6.02. The van der Waals surface area contributed by atoms with Gasteiger partial charge in [-0.3, -0.25) is 4.79 Å². The molecule has 1 aromatic carbocycles. The first-order valence-corrected chi connectivity index (χ1v) is 7.35. The number of amides is 1. The summed E-state index contributed by atoms with van der Waals surface area (Å²) in [6.07, 6.45) is 0.971. The van der Waals surface area contributed by atoms with E-state index in [9.17, 15) is 4.79 Å². The van der Waals surface area contributed by atoms with Crippen molar-refractivity contribution in [2.75, 3.05) is 17.2 Å². The fraction of sp³-hybridized carbons (Fsp3) is 0.562. The molecule has 2 aliphatic rings. The van der Waals surface area contributed by atoms with Gasteiger partial charge in [0.2, 0.25) is 5.91 Å². The molecule has 0 aromatic heterocycles. The summed E-state index contributed by atoms with van der Waals surface area (Å²) in [7, 11) is 0. The maximum atomic E-state index is 12.9. The summed E-state index contributed by atoms with van der Waals surface area (Å²) in [6.45, 7) is 6.88. The highest BCUT2D eigenvalue weighted by Gasteiger charge is 2.44. The van der Waals surface area contributed by atoms with Crippen molar-refractivity contribution in [1.82, 2.24) is 0 Å². The Morgan fingerprint density at radius 2 is 2.05 bits per heavy atom. The van der Waals surface area contributed by atoms with E-state index < -0.39 is 0 Å². The third-order valence-corrected chi connectivity index (χ3v) is 4.86. The Morgan fingerprint density at radius 3 is 2.70 bits per heavy atom. The summed E-state index contributed by atoms with van der Waals surface area (Å²) in [5.41, 5.74) is 8.87. The monoisotopic (exact) mass is 274 g/mol. The van der Waals surface area contributed by atoms with Gasteiger partial charge in [-0.2, -0.15) is 0 Å². The van der Waals surface area contributed by atoms with Crippen LogP contribution in [-0.4, -0.2) is 24.7 Å². The van der Waals surface area contributed by atoms with Crippen molar-refractivity contribution in [2.24, 2.45) is 11.8 Å². The largest absolute Gasteiger partial charge is 0.398 e. The zero-order valence-corrected chi connectivity index (χ0v) is 12.3. The molecule has 4 unspecified atom stereocenters. The van der Waals surface area contributed by atoms with Gasteiger partial charge in [-0.15, -0.1) is 0 Å². The lowest BCUT2D eigenvalue weighted by atomic mass is 9.88. The number of nitrogens with two attached hydrogens (primary N) is 1. The molecule has 0 radical (unpaired) electrons. The first-order chi connectivity index (χ1) is 9.50. The summed E-state index contributed by atoms with van der Waals surface area (Å²) in [4.78, 5) is 14.8. The molecule has 20 heavy (non-hydrogen) atoms. The van der Waals surface area contributed by atoms with Crippen molar-refractivity contribution >= 4 is 17.3 Å². The van der Waals surface area contributed by atoms with Gasteiger partial charge < -0.3 is 15.4 Å². The average Bonchev–Trinajstić information content (AvgIpc) is 2.93. The maximum Gasteiger partial charge on any atom is 0.233 e. The topological polar surface area (TPSA) is 55.6 Å². The average molecular weight is 274 g/mol. The van der Waals surface area contributed by atoms with E-state index in [0.29, 0.717) is 0 Å². The van der Waals surface area contributed by atoms with Crippen molar-refractivity contribution in [1.29, 1.82) is 0 Å². The van der Waals surface area contributed by atoms with Gasteiger partial charge in [-0.25, -0.2) is 0 Å². The van der Waals surface area contributed by atoms with Crippen molar-refractivity contribution in [3.8, 4) is 0 Å². The van der Waals surface area contributed by atoms with Crippen LogP contribution >= 0.6 is 0 Å². The highest BCUT2D eigenvalue weighted by atomic mass is 16.5. The van der Waals surface area contributed by atoms with E-state index in [2.05, 4.69) is 6.92 Å². The third kappa shape index (κ3) is 1.90. The molecule has 108 valence electrons. The molecule has 0 spiro atoms. The number of fused-ring (bicyclic) bond motifs is 1. The lowest BCUT2D eigenvalue weighted by Gasteiger charge is -2.25. The molecule has 1 saturated heterocycles. The van der Waals surface area contributed by atoms with Gasteiger partial charge in [-0.05, 0) is 38.3 Å². The predicted molar refractivity (Wildman–Crippen MR) is 79.6 cm³/mol.